The molecule has 11 heteroatoms. The summed E-state index contributed by atoms with van der Waals surface area (Å²) < 4.78 is 10.3. The van der Waals surface area contributed by atoms with Crippen LogP contribution in [0.25, 0.3) is 0 Å². The number of non-ortho nitro benzene ring substituents is 1. The molecular weight excluding hydrogens is 444 g/mol. The standard InChI is InChI=1S/C23H18N4O7/c1-33-20-5-3-2-4-19(20)25-21(28)22(29)26-24-14-15-6-12-18(13-7-15)34-23(30)16-8-10-17(11-9-16)27(31)32/h2-14H,1H3,(H,25,28)(H,26,29). The summed E-state index contributed by atoms with van der Waals surface area (Å²) >= 11 is 0. The number of carbonyl (C=O) groups excluding carboxylic acids is 3. The first-order chi connectivity index (χ1) is 16.4. The maximum atomic E-state index is 12.2. The molecule has 0 heterocycles. The zero-order chi connectivity index (χ0) is 24.5. The fraction of sp³-hybridized carbons (Fsp3) is 0.0435. The first-order valence-electron chi connectivity index (χ1n) is 9.71. The second kappa shape index (κ2) is 11.0. The van der Waals surface area contributed by atoms with Crippen LogP contribution in [0, 0.1) is 10.1 Å². The molecule has 3 aromatic rings. The summed E-state index contributed by atoms with van der Waals surface area (Å²) in [6.45, 7) is 0. The average Bonchev–Trinajstić information content (AvgIpc) is 2.85. The Balaban J connectivity index is 1.52. The number of amides is 2. The van der Waals surface area contributed by atoms with Crippen LogP contribution in [0.4, 0.5) is 11.4 Å². The van der Waals surface area contributed by atoms with Gasteiger partial charge in [-0.1, -0.05) is 12.1 Å². The van der Waals surface area contributed by atoms with Crippen LogP contribution < -0.4 is 20.2 Å². The van der Waals surface area contributed by atoms with Gasteiger partial charge in [-0.2, -0.15) is 5.10 Å². The van der Waals surface area contributed by atoms with Gasteiger partial charge >= 0.3 is 17.8 Å². The Morgan fingerprint density at radius 3 is 2.26 bits per heavy atom. The lowest BCUT2D eigenvalue weighted by molar-refractivity contribution is -0.384. The topological polar surface area (TPSA) is 149 Å². The molecule has 0 spiro atoms. The summed E-state index contributed by atoms with van der Waals surface area (Å²) in [5, 5.41) is 16.8. The van der Waals surface area contributed by atoms with Gasteiger partial charge in [-0.05, 0) is 54.1 Å². The van der Waals surface area contributed by atoms with Crippen LogP contribution in [-0.4, -0.2) is 36.0 Å². The van der Waals surface area contributed by atoms with Gasteiger partial charge in [-0.3, -0.25) is 19.7 Å². The van der Waals surface area contributed by atoms with Gasteiger partial charge in [0.15, 0.2) is 0 Å². The molecule has 11 nitrogen and oxygen atoms in total. The van der Waals surface area contributed by atoms with E-state index in [1.807, 2.05) is 0 Å². The van der Waals surface area contributed by atoms with Crippen LogP contribution in [0.5, 0.6) is 11.5 Å². The number of hydrogen-bond donors (Lipinski definition) is 2. The Kier molecular flexibility index (Phi) is 7.63. The highest BCUT2D eigenvalue weighted by molar-refractivity contribution is 6.39. The number of anilines is 1. The van der Waals surface area contributed by atoms with Crippen molar-refractivity contribution in [2.75, 3.05) is 12.4 Å². The number of nitro groups is 1. The number of para-hydroxylation sites is 2. The Morgan fingerprint density at radius 2 is 1.62 bits per heavy atom. The van der Waals surface area contributed by atoms with Crippen LogP contribution in [0.3, 0.4) is 0 Å². The number of hydrogen-bond acceptors (Lipinski definition) is 8. The van der Waals surface area contributed by atoms with Gasteiger partial charge in [-0.15, -0.1) is 0 Å². The summed E-state index contributed by atoms with van der Waals surface area (Å²) in [5.74, 6) is -1.93. The molecule has 0 aliphatic heterocycles. The molecule has 2 N–H and O–H groups in total. The third-order valence-corrected chi connectivity index (χ3v) is 4.35. The lowest BCUT2D eigenvalue weighted by atomic mass is 10.2. The third kappa shape index (κ3) is 6.23. The van der Waals surface area contributed by atoms with E-state index < -0.39 is 22.7 Å². The van der Waals surface area contributed by atoms with E-state index in [1.165, 1.54) is 49.7 Å². The number of nitrogens with zero attached hydrogens (tertiary/aromatic N) is 2. The van der Waals surface area contributed by atoms with Gasteiger partial charge < -0.3 is 14.8 Å². The van der Waals surface area contributed by atoms with Crippen molar-refractivity contribution in [3.05, 3.63) is 94.0 Å². The molecule has 0 aromatic heterocycles. The van der Waals surface area contributed by atoms with E-state index in [4.69, 9.17) is 9.47 Å². The van der Waals surface area contributed by atoms with E-state index in [9.17, 15) is 24.5 Å². The molecule has 3 rings (SSSR count). The van der Waals surface area contributed by atoms with Crippen LogP contribution in [0.2, 0.25) is 0 Å². The first-order valence-corrected chi connectivity index (χ1v) is 9.71. The van der Waals surface area contributed by atoms with Gasteiger partial charge in [0.25, 0.3) is 5.69 Å². The maximum Gasteiger partial charge on any atom is 0.343 e. The average molecular weight is 462 g/mol. The molecule has 0 bridgehead atoms. The van der Waals surface area contributed by atoms with Crippen molar-refractivity contribution in [1.29, 1.82) is 0 Å². The van der Waals surface area contributed by atoms with E-state index in [2.05, 4.69) is 15.8 Å². The van der Waals surface area contributed by atoms with E-state index in [0.717, 1.165) is 0 Å². The number of esters is 1. The van der Waals surface area contributed by atoms with Gasteiger partial charge in [0, 0.05) is 12.1 Å². The summed E-state index contributed by atoms with van der Waals surface area (Å²) in [5.41, 5.74) is 3.03. The zero-order valence-corrected chi connectivity index (χ0v) is 17.8. The molecule has 34 heavy (non-hydrogen) atoms. The highest BCUT2D eigenvalue weighted by atomic mass is 16.6. The summed E-state index contributed by atoms with van der Waals surface area (Å²) in [6, 6.07) is 17.8. The van der Waals surface area contributed by atoms with Crippen molar-refractivity contribution in [2.45, 2.75) is 0 Å². The van der Waals surface area contributed by atoms with Crippen molar-refractivity contribution < 1.29 is 28.8 Å². The Labute approximate surface area is 193 Å². The minimum absolute atomic E-state index is 0.135. The van der Waals surface area contributed by atoms with E-state index in [-0.39, 0.29) is 17.0 Å². The largest absolute Gasteiger partial charge is 0.495 e. The van der Waals surface area contributed by atoms with E-state index >= 15 is 0 Å². The molecule has 0 fully saturated rings. The molecule has 0 aliphatic rings. The predicted molar refractivity (Wildman–Crippen MR) is 122 cm³/mol. The second-order valence-electron chi connectivity index (χ2n) is 6.62. The molecule has 0 saturated carbocycles. The Bertz CT molecular complexity index is 1240. The lowest BCUT2D eigenvalue weighted by Crippen LogP contribution is -2.32. The number of ether oxygens (including phenoxy) is 2. The smallest absolute Gasteiger partial charge is 0.343 e. The molecule has 3 aromatic carbocycles. The van der Waals surface area contributed by atoms with Gasteiger partial charge in [0.05, 0.1) is 29.5 Å². The van der Waals surface area contributed by atoms with Gasteiger partial charge in [0.1, 0.15) is 11.5 Å². The molecule has 0 aliphatic carbocycles. The molecule has 2 amide bonds. The second-order valence-corrected chi connectivity index (χ2v) is 6.62. The highest BCUT2D eigenvalue weighted by Crippen LogP contribution is 2.22. The molecule has 0 atom stereocenters. The predicted octanol–water partition coefficient (Wildman–Crippen LogP) is 2.91. The normalized spacial score (nSPS) is 10.4. The van der Waals surface area contributed by atoms with Crippen molar-refractivity contribution in [2.24, 2.45) is 5.10 Å². The number of nitrogens with one attached hydrogen (secondary N) is 2. The summed E-state index contributed by atoms with van der Waals surface area (Å²) in [7, 11) is 1.44. The highest BCUT2D eigenvalue weighted by Gasteiger charge is 2.15. The van der Waals surface area contributed by atoms with Gasteiger partial charge in [0.2, 0.25) is 0 Å². The molecule has 0 unspecified atom stereocenters. The maximum absolute atomic E-state index is 12.2. The number of methoxy groups -OCH3 is 1. The van der Waals surface area contributed by atoms with Crippen LogP contribution in [-0.2, 0) is 9.59 Å². The van der Waals surface area contributed by atoms with E-state index in [1.54, 1.807) is 36.4 Å². The minimum atomic E-state index is -0.976. The SMILES string of the molecule is COc1ccccc1NC(=O)C(=O)NN=Cc1ccc(OC(=O)c2ccc([N+](=O)[O-])cc2)cc1. The molecule has 0 saturated heterocycles. The number of rotatable bonds is 7. The van der Waals surface area contributed by atoms with Crippen LogP contribution in [0.15, 0.2) is 77.9 Å². The molecular formula is C23H18N4O7. The Morgan fingerprint density at radius 1 is 0.941 bits per heavy atom. The summed E-state index contributed by atoms with van der Waals surface area (Å²) in [4.78, 5) is 46.2. The van der Waals surface area contributed by atoms with Crippen molar-refractivity contribution in [3.8, 4) is 11.5 Å². The quantitative estimate of drug-likeness (QED) is 0.137. The van der Waals surface area contributed by atoms with Crippen molar-refractivity contribution in [3.63, 3.8) is 0 Å². The van der Waals surface area contributed by atoms with Crippen LogP contribution >= 0.6 is 0 Å². The Hall–Kier alpha value is -5.06. The summed E-state index contributed by atoms with van der Waals surface area (Å²) in [6.07, 6.45) is 1.30. The number of benzene rings is 3. The first kappa shape index (κ1) is 23.6. The number of hydrazone groups is 1. The third-order valence-electron chi connectivity index (χ3n) is 4.35. The van der Waals surface area contributed by atoms with Crippen LogP contribution in [0.1, 0.15) is 15.9 Å². The van der Waals surface area contributed by atoms with Crippen molar-refractivity contribution in [1.82, 2.24) is 5.43 Å². The fourth-order valence-electron chi connectivity index (χ4n) is 2.65. The molecule has 0 radical (unpaired) electrons. The zero-order valence-electron chi connectivity index (χ0n) is 17.8. The number of nitro benzene ring substituents is 1. The van der Waals surface area contributed by atoms with Crippen molar-refractivity contribution >= 4 is 35.4 Å². The van der Waals surface area contributed by atoms with Gasteiger partial charge in [-0.25, -0.2) is 10.2 Å². The fourth-order valence-corrected chi connectivity index (χ4v) is 2.65. The van der Waals surface area contributed by atoms with E-state index in [0.29, 0.717) is 17.0 Å². The molecule has 172 valence electrons. The minimum Gasteiger partial charge on any atom is -0.495 e. The monoisotopic (exact) mass is 462 g/mol. The lowest BCUT2D eigenvalue weighted by Gasteiger charge is -2.08. The number of carbonyl (C=O) groups is 3.